The first-order chi connectivity index (χ1) is 16.3. The number of carbonyl (C=O) groups is 3. The third-order valence-corrected chi connectivity index (χ3v) is 7.05. The molecule has 180 valence electrons. The van der Waals surface area contributed by atoms with Gasteiger partial charge in [-0.1, -0.05) is 6.92 Å². The smallest absolute Gasteiger partial charge is 0.251 e. The van der Waals surface area contributed by atoms with Crippen molar-refractivity contribution < 1.29 is 14.4 Å². The number of anilines is 2. The summed E-state index contributed by atoms with van der Waals surface area (Å²) in [6.07, 6.45) is 6.33. The van der Waals surface area contributed by atoms with E-state index in [1.165, 1.54) is 0 Å². The van der Waals surface area contributed by atoms with Gasteiger partial charge in [-0.25, -0.2) is 4.98 Å². The van der Waals surface area contributed by atoms with Gasteiger partial charge in [-0.15, -0.1) is 0 Å². The number of primary amides is 1. The van der Waals surface area contributed by atoms with E-state index >= 15 is 0 Å². The van der Waals surface area contributed by atoms with Crippen LogP contribution in [-0.2, 0) is 0 Å². The number of ketones is 1. The van der Waals surface area contributed by atoms with E-state index in [1.54, 1.807) is 31.3 Å². The number of nitrogens with zero attached hydrogens (tertiary/aromatic N) is 2. The van der Waals surface area contributed by atoms with Crippen LogP contribution in [0.4, 0.5) is 11.5 Å². The fourth-order valence-corrected chi connectivity index (χ4v) is 5.07. The minimum absolute atomic E-state index is 0.00909. The van der Waals surface area contributed by atoms with Crippen LogP contribution in [0.3, 0.4) is 0 Å². The molecular formula is C26H33N5O3. The lowest BCUT2D eigenvalue weighted by atomic mass is 9.96. The standard InChI is InChI=1S/C26H33N5O3/c1-4-15(2)29-23-11-17(5-9-22(23)25(27)33)26(34)30-19-12-20-7-8-21(13-19)31(20)24-10-6-18(14-28-24)16(3)32/h5-6,9-11,14-15,19-21,29H,4,7-8,12-13H2,1-3H3,(H2,27,33)(H,30,34)/t15?,19-,20+,21-. The van der Waals surface area contributed by atoms with E-state index < -0.39 is 5.91 Å². The van der Waals surface area contributed by atoms with Gasteiger partial charge in [0.15, 0.2) is 5.78 Å². The minimum Gasteiger partial charge on any atom is -0.382 e. The Hall–Kier alpha value is -3.42. The predicted octanol–water partition coefficient (Wildman–Crippen LogP) is 3.52. The summed E-state index contributed by atoms with van der Waals surface area (Å²) in [5.74, 6) is 0.233. The number of pyridine rings is 1. The summed E-state index contributed by atoms with van der Waals surface area (Å²) in [6, 6.07) is 9.57. The SMILES string of the molecule is CCC(C)Nc1cc(C(=O)N[C@H]2C[C@H]3CC[C@@H](C2)N3c2ccc(C(C)=O)cn2)ccc1C(N)=O. The molecule has 0 radical (unpaired) electrons. The van der Waals surface area contributed by atoms with Crippen LogP contribution in [0.1, 0.15) is 83.9 Å². The van der Waals surface area contributed by atoms with Crippen LogP contribution < -0.4 is 21.3 Å². The summed E-state index contributed by atoms with van der Waals surface area (Å²) < 4.78 is 0. The number of hydrogen-bond acceptors (Lipinski definition) is 6. The van der Waals surface area contributed by atoms with Crippen LogP contribution in [0.15, 0.2) is 36.5 Å². The van der Waals surface area contributed by atoms with Gasteiger partial charge < -0.3 is 21.3 Å². The molecule has 34 heavy (non-hydrogen) atoms. The number of fused-ring (bicyclic) bond motifs is 2. The summed E-state index contributed by atoms with van der Waals surface area (Å²) in [5, 5.41) is 6.48. The van der Waals surface area contributed by atoms with Gasteiger partial charge >= 0.3 is 0 Å². The van der Waals surface area contributed by atoms with E-state index in [2.05, 4.69) is 20.5 Å². The van der Waals surface area contributed by atoms with Gasteiger partial charge in [0, 0.05) is 47.2 Å². The summed E-state index contributed by atoms with van der Waals surface area (Å²) in [7, 11) is 0. The lowest BCUT2D eigenvalue weighted by Crippen LogP contribution is -2.50. The number of piperidine rings is 1. The minimum atomic E-state index is -0.522. The van der Waals surface area contributed by atoms with Gasteiger partial charge in [0.1, 0.15) is 5.82 Å². The number of benzene rings is 1. The molecule has 3 heterocycles. The Bertz CT molecular complexity index is 1070. The highest BCUT2D eigenvalue weighted by atomic mass is 16.2. The first kappa shape index (κ1) is 23.7. The van der Waals surface area contributed by atoms with E-state index in [0.29, 0.717) is 34.5 Å². The molecule has 1 aromatic heterocycles. The van der Waals surface area contributed by atoms with Gasteiger partial charge in [-0.3, -0.25) is 14.4 Å². The average molecular weight is 464 g/mol. The second-order valence-electron chi connectivity index (χ2n) is 9.47. The second kappa shape index (κ2) is 9.83. The Balaban J connectivity index is 1.44. The first-order valence-corrected chi connectivity index (χ1v) is 12.0. The Morgan fingerprint density at radius 1 is 1.12 bits per heavy atom. The molecule has 0 saturated carbocycles. The maximum atomic E-state index is 13.1. The Morgan fingerprint density at radius 3 is 2.35 bits per heavy atom. The highest BCUT2D eigenvalue weighted by Crippen LogP contribution is 2.38. The summed E-state index contributed by atoms with van der Waals surface area (Å²) >= 11 is 0. The van der Waals surface area contributed by atoms with E-state index in [4.69, 9.17) is 5.73 Å². The van der Waals surface area contributed by atoms with Crippen LogP contribution in [0, 0.1) is 0 Å². The second-order valence-corrected chi connectivity index (χ2v) is 9.47. The summed E-state index contributed by atoms with van der Waals surface area (Å²) in [6.45, 7) is 5.61. The molecule has 0 aliphatic carbocycles. The fourth-order valence-electron chi connectivity index (χ4n) is 5.07. The van der Waals surface area contributed by atoms with E-state index in [1.807, 2.05) is 26.0 Å². The molecule has 1 unspecified atom stereocenters. The molecule has 1 aromatic carbocycles. The Morgan fingerprint density at radius 2 is 1.79 bits per heavy atom. The zero-order chi connectivity index (χ0) is 24.4. The number of hydrogen-bond donors (Lipinski definition) is 3. The van der Waals surface area contributed by atoms with Crippen molar-refractivity contribution >= 4 is 29.1 Å². The molecule has 2 aliphatic heterocycles. The third-order valence-electron chi connectivity index (χ3n) is 7.05. The quantitative estimate of drug-likeness (QED) is 0.516. The highest BCUT2D eigenvalue weighted by molar-refractivity contribution is 6.02. The zero-order valence-corrected chi connectivity index (χ0v) is 20.0. The molecule has 8 heteroatoms. The number of nitrogens with two attached hydrogens (primary N) is 1. The van der Waals surface area contributed by atoms with Crippen LogP contribution in [0.5, 0.6) is 0 Å². The van der Waals surface area contributed by atoms with Gasteiger partial charge in [-0.05, 0) is 76.3 Å². The molecule has 2 fully saturated rings. The van der Waals surface area contributed by atoms with Crippen LogP contribution in [0.2, 0.25) is 0 Å². The molecule has 4 rings (SSSR count). The number of Topliss-reactive ketones (excluding diaryl/α,β-unsaturated/α-hetero) is 1. The summed E-state index contributed by atoms with van der Waals surface area (Å²) in [4.78, 5) is 43.3. The maximum Gasteiger partial charge on any atom is 0.251 e. The molecule has 2 aliphatic rings. The molecule has 4 atom stereocenters. The van der Waals surface area contributed by atoms with Gasteiger partial charge in [-0.2, -0.15) is 0 Å². The largest absolute Gasteiger partial charge is 0.382 e. The van der Waals surface area contributed by atoms with Crippen molar-refractivity contribution in [2.24, 2.45) is 5.73 Å². The Labute approximate surface area is 200 Å². The monoisotopic (exact) mass is 463 g/mol. The molecule has 0 spiro atoms. The van der Waals surface area contributed by atoms with E-state index in [9.17, 15) is 14.4 Å². The van der Waals surface area contributed by atoms with Gasteiger partial charge in [0.2, 0.25) is 0 Å². The van der Waals surface area contributed by atoms with Crippen molar-refractivity contribution in [2.45, 2.75) is 77.0 Å². The maximum absolute atomic E-state index is 13.1. The highest BCUT2D eigenvalue weighted by Gasteiger charge is 2.41. The summed E-state index contributed by atoms with van der Waals surface area (Å²) in [5.41, 5.74) is 7.61. The van der Waals surface area contributed by atoms with Crippen molar-refractivity contribution in [3.05, 3.63) is 53.2 Å². The molecule has 2 aromatic rings. The van der Waals surface area contributed by atoms with Crippen molar-refractivity contribution in [2.75, 3.05) is 10.2 Å². The third kappa shape index (κ3) is 4.90. The lowest BCUT2D eigenvalue weighted by Gasteiger charge is -2.40. The topological polar surface area (TPSA) is 117 Å². The van der Waals surface area contributed by atoms with Gasteiger partial charge in [0.25, 0.3) is 11.8 Å². The van der Waals surface area contributed by atoms with Crippen molar-refractivity contribution in [1.29, 1.82) is 0 Å². The van der Waals surface area contributed by atoms with Crippen LogP contribution in [0.25, 0.3) is 0 Å². The molecular weight excluding hydrogens is 430 g/mol. The van der Waals surface area contributed by atoms with Crippen molar-refractivity contribution in [3.8, 4) is 0 Å². The van der Waals surface area contributed by atoms with Crippen molar-refractivity contribution in [3.63, 3.8) is 0 Å². The molecule has 4 N–H and O–H groups in total. The number of nitrogens with one attached hydrogen (secondary N) is 2. The van der Waals surface area contributed by atoms with Crippen LogP contribution >= 0.6 is 0 Å². The molecule has 2 amide bonds. The fraction of sp³-hybridized carbons (Fsp3) is 0.462. The number of amides is 2. The normalized spacial score (nSPS) is 22.2. The molecule has 2 bridgehead atoms. The average Bonchev–Trinajstić information content (AvgIpc) is 3.08. The number of carbonyl (C=O) groups excluding carboxylic acids is 3. The van der Waals surface area contributed by atoms with E-state index in [0.717, 1.165) is 37.9 Å². The molecule has 8 nitrogen and oxygen atoms in total. The van der Waals surface area contributed by atoms with Crippen molar-refractivity contribution in [1.82, 2.24) is 10.3 Å². The van der Waals surface area contributed by atoms with Crippen LogP contribution in [-0.4, -0.2) is 46.7 Å². The Kier molecular flexibility index (Phi) is 6.86. The van der Waals surface area contributed by atoms with E-state index in [-0.39, 0.29) is 23.8 Å². The zero-order valence-electron chi connectivity index (χ0n) is 20.0. The first-order valence-electron chi connectivity index (χ1n) is 12.0. The number of aromatic nitrogens is 1. The lowest BCUT2D eigenvalue weighted by molar-refractivity contribution is 0.0924. The predicted molar refractivity (Wildman–Crippen MR) is 132 cm³/mol. The van der Waals surface area contributed by atoms with Gasteiger partial charge in [0.05, 0.1) is 5.56 Å². The number of rotatable bonds is 8. The molecule has 2 saturated heterocycles.